The van der Waals surface area contributed by atoms with Gasteiger partial charge in [-0.05, 0) is 18.6 Å². The predicted octanol–water partition coefficient (Wildman–Crippen LogP) is 1.46. The van der Waals surface area contributed by atoms with E-state index in [1.165, 1.54) is 22.9 Å². The molecule has 7 nitrogen and oxygen atoms in total. The first-order valence-electron chi connectivity index (χ1n) is 6.74. The van der Waals surface area contributed by atoms with Gasteiger partial charge in [0.25, 0.3) is 5.91 Å². The third-order valence-electron chi connectivity index (χ3n) is 2.91. The first-order chi connectivity index (χ1) is 11.0. The van der Waals surface area contributed by atoms with Gasteiger partial charge in [0.05, 0.1) is 11.2 Å². The predicted molar refractivity (Wildman–Crippen MR) is 88.5 cm³/mol. The van der Waals surface area contributed by atoms with Crippen LogP contribution in [0.2, 0.25) is 0 Å². The van der Waals surface area contributed by atoms with Gasteiger partial charge in [-0.3, -0.25) is 19.3 Å². The van der Waals surface area contributed by atoms with Crippen molar-refractivity contribution in [2.24, 2.45) is 0 Å². The molecule has 2 N–H and O–H groups in total. The largest absolute Gasteiger partial charge is 0.480 e. The lowest BCUT2D eigenvalue weighted by Gasteiger charge is -2.13. The highest BCUT2D eigenvalue weighted by Gasteiger charge is 2.31. The highest BCUT2D eigenvalue weighted by molar-refractivity contribution is 8.26. The Labute approximate surface area is 141 Å². The summed E-state index contributed by atoms with van der Waals surface area (Å²) in [7, 11) is 0. The summed E-state index contributed by atoms with van der Waals surface area (Å²) in [6.07, 6.45) is 3.66. The molecule has 23 heavy (non-hydrogen) atoms. The maximum Gasteiger partial charge on any atom is 0.322 e. The molecule has 1 aromatic rings. The number of rotatable bonds is 7. The number of thioether (sulfide) groups is 1. The fourth-order valence-corrected chi connectivity index (χ4v) is 3.14. The molecule has 0 aliphatic carbocycles. The highest BCUT2D eigenvalue weighted by Crippen LogP contribution is 2.32. The quantitative estimate of drug-likeness (QED) is 0.565. The van der Waals surface area contributed by atoms with E-state index in [-0.39, 0.29) is 18.2 Å². The summed E-state index contributed by atoms with van der Waals surface area (Å²) in [5, 5.41) is 10.7. The van der Waals surface area contributed by atoms with Gasteiger partial charge >= 0.3 is 5.97 Å². The molecule has 1 fully saturated rings. The van der Waals surface area contributed by atoms with Gasteiger partial charge in [-0.15, -0.1) is 0 Å². The Hall–Kier alpha value is -2.13. The van der Waals surface area contributed by atoms with E-state index in [0.29, 0.717) is 28.0 Å². The Morgan fingerprint density at radius 2 is 2.26 bits per heavy atom. The van der Waals surface area contributed by atoms with Crippen molar-refractivity contribution in [2.75, 3.05) is 13.1 Å². The zero-order chi connectivity index (χ0) is 16.8. The van der Waals surface area contributed by atoms with Crippen LogP contribution in [0.3, 0.4) is 0 Å². The van der Waals surface area contributed by atoms with E-state index < -0.39 is 12.5 Å². The molecule has 1 aliphatic heterocycles. The van der Waals surface area contributed by atoms with Crippen molar-refractivity contribution in [1.82, 2.24) is 10.2 Å². The van der Waals surface area contributed by atoms with Crippen molar-refractivity contribution in [3.63, 3.8) is 0 Å². The standard InChI is InChI=1S/C14H14N2O5S2/c17-11(15-8-12(18)19)4-1-5-16-13(20)10(23-14(16)22)7-9-3-2-6-21-9/h2-3,6-7H,1,4-5,8H2,(H,15,17)(H,18,19)/b10-7-. The van der Waals surface area contributed by atoms with Gasteiger partial charge in [-0.2, -0.15) is 0 Å². The molecule has 1 aromatic heterocycles. The van der Waals surface area contributed by atoms with E-state index in [9.17, 15) is 14.4 Å². The smallest absolute Gasteiger partial charge is 0.322 e. The topological polar surface area (TPSA) is 99.9 Å². The van der Waals surface area contributed by atoms with Crippen molar-refractivity contribution in [1.29, 1.82) is 0 Å². The van der Waals surface area contributed by atoms with Crippen molar-refractivity contribution in [2.45, 2.75) is 12.8 Å². The fourth-order valence-electron chi connectivity index (χ4n) is 1.86. The lowest BCUT2D eigenvalue weighted by molar-refractivity contribution is -0.137. The summed E-state index contributed by atoms with van der Waals surface area (Å²) in [5.41, 5.74) is 0. The van der Waals surface area contributed by atoms with Gasteiger partial charge in [-0.25, -0.2) is 0 Å². The van der Waals surface area contributed by atoms with Crippen LogP contribution in [0, 0.1) is 0 Å². The molecule has 0 aromatic carbocycles. The van der Waals surface area contributed by atoms with E-state index in [1.54, 1.807) is 18.2 Å². The third kappa shape index (κ3) is 4.93. The molecule has 1 saturated heterocycles. The van der Waals surface area contributed by atoms with E-state index in [4.69, 9.17) is 21.7 Å². The second-order valence-electron chi connectivity index (χ2n) is 4.62. The van der Waals surface area contributed by atoms with Gasteiger partial charge in [-0.1, -0.05) is 24.0 Å². The van der Waals surface area contributed by atoms with Crippen molar-refractivity contribution >= 4 is 52.2 Å². The minimum atomic E-state index is -1.10. The number of thiocarbonyl (C=S) groups is 1. The van der Waals surface area contributed by atoms with Crippen molar-refractivity contribution in [3.05, 3.63) is 29.1 Å². The number of carbonyl (C=O) groups is 3. The second-order valence-corrected chi connectivity index (χ2v) is 6.30. The molecule has 0 atom stereocenters. The maximum atomic E-state index is 12.3. The molecule has 0 radical (unpaired) electrons. The number of carboxylic acid groups (broad SMARTS) is 1. The van der Waals surface area contributed by atoms with Gasteiger partial charge in [0, 0.05) is 19.0 Å². The summed E-state index contributed by atoms with van der Waals surface area (Å²) >= 11 is 6.36. The summed E-state index contributed by atoms with van der Waals surface area (Å²) in [6, 6.07) is 3.46. The first kappa shape index (κ1) is 17.2. The molecule has 0 saturated carbocycles. The van der Waals surface area contributed by atoms with Crippen LogP contribution >= 0.6 is 24.0 Å². The van der Waals surface area contributed by atoms with Crippen LogP contribution in [0.25, 0.3) is 6.08 Å². The molecule has 0 spiro atoms. The number of furan rings is 1. The van der Waals surface area contributed by atoms with Gasteiger partial charge in [0.2, 0.25) is 5.91 Å². The number of carboxylic acids is 1. The fraction of sp³-hybridized carbons (Fsp3) is 0.286. The van der Waals surface area contributed by atoms with Gasteiger partial charge < -0.3 is 14.8 Å². The van der Waals surface area contributed by atoms with E-state index in [2.05, 4.69) is 5.32 Å². The molecule has 2 heterocycles. The molecule has 122 valence electrons. The number of nitrogens with zero attached hydrogens (tertiary/aromatic N) is 1. The Balaban J connectivity index is 1.84. The normalized spacial score (nSPS) is 16.2. The van der Waals surface area contributed by atoms with Gasteiger partial charge in [0.15, 0.2) is 0 Å². The lowest BCUT2D eigenvalue weighted by Crippen LogP contribution is -2.32. The SMILES string of the molecule is O=C(O)CNC(=O)CCCN1C(=O)/C(=C/c2ccco2)SC1=S. The molecular formula is C14H14N2O5S2. The number of hydrogen-bond acceptors (Lipinski definition) is 6. The van der Waals surface area contributed by atoms with Crippen molar-refractivity contribution < 1.29 is 23.9 Å². The van der Waals surface area contributed by atoms with E-state index in [1.807, 2.05) is 0 Å². The molecule has 9 heteroatoms. The molecule has 2 rings (SSSR count). The van der Waals surface area contributed by atoms with Crippen LogP contribution in [0.5, 0.6) is 0 Å². The number of hydrogen-bond donors (Lipinski definition) is 2. The third-order valence-corrected chi connectivity index (χ3v) is 4.29. The highest BCUT2D eigenvalue weighted by atomic mass is 32.2. The number of nitrogens with one attached hydrogen (secondary N) is 1. The van der Waals surface area contributed by atoms with Crippen LogP contribution in [0.4, 0.5) is 0 Å². The molecular weight excluding hydrogens is 340 g/mol. The monoisotopic (exact) mass is 354 g/mol. The molecule has 0 bridgehead atoms. The van der Waals surface area contributed by atoms with Crippen LogP contribution in [0.1, 0.15) is 18.6 Å². The zero-order valence-corrected chi connectivity index (χ0v) is 13.6. The minimum Gasteiger partial charge on any atom is -0.480 e. The molecule has 1 aliphatic rings. The van der Waals surface area contributed by atoms with Crippen LogP contribution in [-0.2, 0) is 14.4 Å². The summed E-state index contributed by atoms with van der Waals surface area (Å²) in [4.78, 5) is 35.9. The Bertz CT molecular complexity index is 654. The zero-order valence-electron chi connectivity index (χ0n) is 12.0. The van der Waals surface area contributed by atoms with E-state index in [0.717, 1.165) is 0 Å². The number of amides is 2. The van der Waals surface area contributed by atoms with Crippen molar-refractivity contribution in [3.8, 4) is 0 Å². The van der Waals surface area contributed by atoms with Crippen LogP contribution in [0.15, 0.2) is 27.7 Å². The Morgan fingerprint density at radius 1 is 1.48 bits per heavy atom. The Morgan fingerprint density at radius 3 is 2.91 bits per heavy atom. The van der Waals surface area contributed by atoms with Crippen LogP contribution < -0.4 is 5.32 Å². The van der Waals surface area contributed by atoms with Crippen LogP contribution in [-0.4, -0.2) is 45.2 Å². The summed E-state index contributed by atoms with van der Waals surface area (Å²) in [5.74, 6) is -1.12. The lowest BCUT2D eigenvalue weighted by atomic mass is 10.2. The molecule has 0 unspecified atom stereocenters. The summed E-state index contributed by atoms with van der Waals surface area (Å²) < 4.78 is 5.60. The number of aliphatic carboxylic acids is 1. The molecule has 2 amide bonds. The average molecular weight is 354 g/mol. The second kappa shape index (κ2) is 7.93. The van der Waals surface area contributed by atoms with Gasteiger partial charge in [0.1, 0.15) is 16.6 Å². The first-order valence-corrected chi connectivity index (χ1v) is 7.97. The maximum absolute atomic E-state index is 12.3. The average Bonchev–Trinajstić information content (AvgIpc) is 3.09. The summed E-state index contributed by atoms with van der Waals surface area (Å²) in [6.45, 7) is -0.105. The van der Waals surface area contributed by atoms with E-state index >= 15 is 0 Å². The number of carbonyl (C=O) groups excluding carboxylic acids is 2. The Kier molecular flexibility index (Phi) is 5.94. The minimum absolute atomic E-state index is 0.127.